The van der Waals surface area contributed by atoms with E-state index in [1.807, 2.05) is 0 Å². The Bertz CT molecular complexity index is 176. The van der Waals surface area contributed by atoms with Crippen LogP contribution in [0.25, 0.3) is 0 Å². The van der Waals surface area contributed by atoms with E-state index in [0.717, 1.165) is 45.6 Å². The SMILES string of the molecule is CCN(CC(C)C)CC1(O)CCNCC1. The van der Waals surface area contributed by atoms with Crippen LogP contribution in [-0.4, -0.2) is 48.3 Å². The van der Waals surface area contributed by atoms with Gasteiger partial charge < -0.3 is 15.3 Å². The monoisotopic (exact) mass is 214 g/mol. The first kappa shape index (κ1) is 12.9. The molecular weight excluding hydrogens is 188 g/mol. The van der Waals surface area contributed by atoms with Crippen molar-refractivity contribution >= 4 is 0 Å². The quantitative estimate of drug-likeness (QED) is 0.719. The summed E-state index contributed by atoms with van der Waals surface area (Å²) in [4.78, 5) is 2.37. The number of aliphatic hydroxyl groups is 1. The van der Waals surface area contributed by atoms with Crippen LogP contribution < -0.4 is 5.32 Å². The van der Waals surface area contributed by atoms with Gasteiger partial charge in [0.2, 0.25) is 0 Å². The minimum atomic E-state index is -0.448. The molecular formula is C12H26N2O. The molecule has 3 heteroatoms. The second kappa shape index (κ2) is 5.83. The third kappa shape index (κ3) is 4.49. The van der Waals surface area contributed by atoms with Gasteiger partial charge in [0, 0.05) is 13.1 Å². The first-order valence-electron chi connectivity index (χ1n) is 6.21. The lowest BCUT2D eigenvalue weighted by Crippen LogP contribution is -2.50. The third-order valence-corrected chi connectivity index (χ3v) is 3.12. The Hall–Kier alpha value is -0.120. The van der Waals surface area contributed by atoms with Crippen molar-refractivity contribution in [2.75, 3.05) is 32.7 Å². The molecule has 0 aromatic carbocycles. The van der Waals surface area contributed by atoms with Crippen molar-refractivity contribution in [3.05, 3.63) is 0 Å². The molecule has 0 saturated carbocycles. The number of likely N-dealkylation sites (N-methyl/N-ethyl adjacent to an activating group) is 1. The molecule has 0 radical (unpaired) electrons. The van der Waals surface area contributed by atoms with Gasteiger partial charge in [-0.05, 0) is 38.4 Å². The largest absolute Gasteiger partial charge is 0.388 e. The molecule has 0 atom stereocenters. The lowest BCUT2D eigenvalue weighted by atomic mass is 9.91. The Labute approximate surface area is 93.9 Å². The summed E-state index contributed by atoms with van der Waals surface area (Å²) in [6.07, 6.45) is 1.78. The summed E-state index contributed by atoms with van der Waals surface area (Å²) in [5.74, 6) is 0.676. The van der Waals surface area contributed by atoms with Gasteiger partial charge in [-0.1, -0.05) is 20.8 Å². The predicted octanol–water partition coefficient (Wildman–Crippen LogP) is 1.08. The van der Waals surface area contributed by atoms with Gasteiger partial charge in [0.05, 0.1) is 5.60 Å². The Kier molecular flexibility index (Phi) is 5.03. The van der Waals surface area contributed by atoms with Crippen LogP contribution in [0.4, 0.5) is 0 Å². The minimum absolute atomic E-state index is 0.448. The smallest absolute Gasteiger partial charge is 0.0798 e. The first-order chi connectivity index (χ1) is 7.06. The van der Waals surface area contributed by atoms with Crippen LogP contribution >= 0.6 is 0 Å². The van der Waals surface area contributed by atoms with Crippen molar-refractivity contribution < 1.29 is 5.11 Å². The van der Waals surface area contributed by atoms with Crippen LogP contribution in [-0.2, 0) is 0 Å². The zero-order valence-corrected chi connectivity index (χ0v) is 10.4. The molecule has 0 spiro atoms. The van der Waals surface area contributed by atoms with Gasteiger partial charge in [0.25, 0.3) is 0 Å². The molecule has 15 heavy (non-hydrogen) atoms. The van der Waals surface area contributed by atoms with E-state index in [0.29, 0.717) is 5.92 Å². The normalized spacial score (nSPS) is 21.2. The molecule has 1 aliphatic rings. The molecule has 1 saturated heterocycles. The maximum atomic E-state index is 10.4. The highest BCUT2D eigenvalue weighted by Crippen LogP contribution is 2.19. The zero-order chi connectivity index (χ0) is 11.3. The minimum Gasteiger partial charge on any atom is -0.388 e. The van der Waals surface area contributed by atoms with E-state index >= 15 is 0 Å². The number of piperidine rings is 1. The Morgan fingerprint density at radius 2 is 1.93 bits per heavy atom. The van der Waals surface area contributed by atoms with Gasteiger partial charge in [-0.15, -0.1) is 0 Å². The van der Waals surface area contributed by atoms with Gasteiger partial charge in [-0.3, -0.25) is 0 Å². The number of hydrogen-bond donors (Lipinski definition) is 2. The fourth-order valence-corrected chi connectivity index (χ4v) is 2.29. The highest BCUT2D eigenvalue weighted by atomic mass is 16.3. The van der Waals surface area contributed by atoms with E-state index in [9.17, 15) is 5.11 Å². The molecule has 2 N–H and O–H groups in total. The second-order valence-corrected chi connectivity index (χ2v) is 5.20. The third-order valence-electron chi connectivity index (χ3n) is 3.12. The highest BCUT2D eigenvalue weighted by Gasteiger charge is 2.30. The number of rotatable bonds is 5. The van der Waals surface area contributed by atoms with E-state index in [1.165, 1.54) is 0 Å². The molecule has 1 rings (SSSR count). The lowest BCUT2D eigenvalue weighted by molar-refractivity contribution is -0.0219. The average molecular weight is 214 g/mol. The lowest BCUT2D eigenvalue weighted by Gasteiger charge is -2.37. The maximum absolute atomic E-state index is 10.4. The molecule has 0 amide bonds. The summed E-state index contributed by atoms with van der Waals surface area (Å²) in [5.41, 5.74) is -0.448. The molecule has 0 bridgehead atoms. The topological polar surface area (TPSA) is 35.5 Å². The van der Waals surface area contributed by atoms with Crippen molar-refractivity contribution in [3.63, 3.8) is 0 Å². The van der Waals surface area contributed by atoms with Crippen LogP contribution in [0.5, 0.6) is 0 Å². The number of hydrogen-bond acceptors (Lipinski definition) is 3. The summed E-state index contributed by atoms with van der Waals surface area (Å²) in [5, 5.41) is 13.7. The highest BCUT2D eigenvalue weighted by molar-refractivity contribution is 4.87. The summed E-state index contributed by atoms with van der Waals surface area (Å²) in [7, 11) is 0. The Balaban J connectivity index is 2.41. The van der Waals surface area contributed by atoms with Crippen LogP contribution in [0.3, 0.4) is 0 Å². The molecule has 1 aliphatic heterocycles. The van der Waals surface area contributed by atoms with Crippen molar-refractivity contribution in [2.24, 2.45) is 5.92 Å². The van der Waals surface area contributed by atoms with Crippen LogP contribution in [0.1, 0.15) is 33.6 Å². The van der Waals surface area contributed by atoms with E-state index in [1.54, 1.807) is 0 Å². The second-order valence-electron chi connectivity index (χ2n) is 5.20. The first-order valence-corrected chi connectivity index (χ1v) is 6.21. The standard InChI is InChI=1S/C12H26N2O/c1-4-14(9-11(2)3)10-12(15)5-7-13-8-6-12/h11,13,15H,4-10H2,1-3H3. The average Bonchev–Trinajstić information content (AvgIpc) is 2.16. The number of nitrogens with zero attached hydrogens (tertiary/aromatic N) is 1. The van der Waals surface area contributed by atoms with Crippen LogP contribution in [0.2, 0.25) is 0 Å². The fraction of sp³-hybridized carbons (Fsp3) is 1.00. The Morgan fingerprint density at radius 3 is 2.40 bits per heavy atom. The summed E-state index contributed by atoms with van der Waals surface area (Å²) >= 11 is 0. The van der Waals surface area contributed by atoms with Gasteiger partial charge in [-0.2, -0.15) is 0 Å². The van der Waals surface area contributed by atoms with Crippen LogP contribution in [0, 0.1) is 5.92 Å². The summed E-state index contributed by atoms with van der Waals surface area (Å²) in [6, 6.07) is 0. The van der Waals surface area contributed by atoms with Crippen LogP contribution in [0.15, 0.2) is 0 Å². The van der Waals surface area contributed by atoms with Crippen molar-refractivity contribution in [1.29, 1.82) is 0 Å². The summed E-state index contributed by atoms with van der Waals surface area (Å²) in [6.45, 7) is 11.5. The molecule has 3 nitrogen and oxygen atoms in total. The van der Waals surface area contributed by atoms with E-state index in [-0.39, 0.29) is 0 Å². The summed E-state index contributed by atoms with van der Waals surface area (Å²) < 4.78 is 0. The Morgan fingerprint density at radius 1 is 1.33 bits per heavy atom. The zero-order valence-electron chi connectivity index (χ0n) is 10.4. The van der Waals surface area contributed by atoms with Crippen molar-refractivity contribution in [2.45, 2.75) is 39.2 Å². The molecule has 0 aliphatic carbocycles. The van der Waals surface area contributed by atoms with Gasteiger partial charge in [0.15, 0.2) is 0 Å². The molecule has 90 valence electrons. The van der Waals surface area contributed by atoms with E-state index in [2.05, 4.69) is 31.0 Å². The maximum Gasteiger partial charge on any atom is 0.0798 e. The van der Waals surface area contributed by atoms with Gasteiger partial charge in [0.1, 0.15) is 0 Å². The molecule has 1 fully saturated rings. The predicted molar refractivity (Wildman–Crippen MR) is 64.0 cm³/mol. The van der Waals surface area contributed by atoms with Crippen molar-refractivity contribution in [3.8, 4) is 0 Å². The molecule has 0 aromatic heterocycles. The van der Waals surface area contributed by atoms with Crippen molar-refractivity contribution in [1.82, 2.24) is 10.2 Å². The fourth-order valence-electron chi connectivity index (χ4n) is 2.29. The van der Waals surface area contributed by atoms with E-state index < -0.39 is 5.60 Å². The van der Waals surface area contributed by atoms with Gasteiger partial charge >= 0.3 is 0 Å². The van der Waals surface area contributed by atoms with E-state index in [4.69, 9.17) is 0 Å². The molecule has 0 unspecified atom stereocenters. The number of nitrogens with one attached hydrogen (secondary N) is 1. The molecule has 0 aromatic rings. The molecule has 1 heterocycles. The van der Waals surface area contributed by atoms with Gasteiger partial charge in [-0.25, -0.2) is 0 Å².